The van der Waals surface area contributed by atoms with E-state index in [0.29, 0.717) is 9.87 Å². The first kappa shape index (κ1) is 33.0. The van der Waals surface area contributed by atoms with Gasteiger partial charge in [-0.25, -0.2) is 12.8 Å². The van der Waals surface area contributed by atoms with Gasteiger partial charge in [0.1, 0.15) is 29.8 Å². The molecule has 3 aromatic carbocycles. The topological polar surface area (TPSA) is 139 Å². The molecule has 0 aliphatic heterocycles. The van der Waals surface area contributed by atoms with Crippen molar-refractivity contribution in [1.29, 1.82) is 0 Å². The molecule has 0 saturated heterocycles. The van der Waals surface area contributed by atoms with Gasteiger partial charge in [-0.2, -0.15) is 0 Å². The highest BCUT2D eigenvalue weighted by Gasteiger charge is 2.35. The molecule has 3 aromatic rings. The second-order valence-electron chi connectivity index (χ2n) is 10.9. The molecule has 230 valence electrons. The van der Waals surface area contributed by atoms with Gasteiger partial charge in [0.15, 0.2) is 0 Å². The van der Waals surface area contributed by atoms with Gasteiger partial charge in [-0.05, 0) is 38.5 Å². The molecule has 0 saturated carbocycles. The summed E-state index contributed by atoms with van der Waals surface area (Å²) in [7, 11) is -2.97. The molecular formula is C30H35FN4O7S. The third-order valence-electron chi connectivity index (χ3n) is 6.39. The lowest BCUT2D eigenvalue weighted by molar-refractivity contribution is -0.384. The van der Waals surface area contributed by atoms with E-state index in [9.17, 15) is 32.5 Å². The number of carbonyl (C=O) groups is 2. The van der Waals surface area contributed by atoms with Crippen molar-refractivity contribution in [2.45, 2.75) is 45.3 Å². The zero-order chi connectivity index (χ0) is 31.9. The number of ether oxygens (including phenoxy) is 1. The molecule has 0 aliphatic carbocycles. The molecule has 2 amide bonds. The minimum atomic E-state index is -4.23. The Hall–Kier alpha value is -4.52. The van der Waals surface area contributed by atoms with Crippen molar-refractivity contribution in [3.05, 3.63) is 99.9 Å². The van der Waals surface area contributed by atoms with Crippen LogP contribution in [0.15, 0.2) is 72.8 Å². The normalized spacial score (nSPS) is 12.2. The molecule has 43 heavy (non-hydrogen) atoms. The van der Waals surface area contributed by atoms with Gasteiger partial charge in [0.05, 0.1) is 18.3 Å². The van der Waals surface area contributed by atoms with Crippen molar-refractivity contribution in [2.75, 3.05) is 24.2 Å². The predicted molar refractivity (Wildman–Crippen MR) is 161 cm³/mol. The number of nitro benzene ring substituents is 1. The Balaban J connectivity index is 2.16. The molecule has 1 atom stereocenters. The highest BCUT2D eigenvalue weighted by Crippen LogP contribution is 2.34. The van der Waals surface area contributed by atoms with Gasteiger partial charge in [0.2, 0.25) is 21.8 Å². The first-order valence-electron chi connectivity index (χ1n) is 13.3. The molecule has 0 aliphatic rings. The van der Waals surface area contributed by atoms with E-state index < -0.39 is 56.4 Å². The number of anilines is 1. The maximum absolute atomic E-state index is 14.9. The molecule has 0 fully saturated rings. The highest BCUT2D eigenvalue weighted by molar-refractivity contribution is 7.92. The molecule has 0 aromatic heterocycles. The summed E-state index contributed by atoms with van der Waals surface area (Å²) >= 11 is 0. The van der Waals surface area contributed by atoms with E-state index in [1.807, 2.05) is 0 Å². The lowest BCUT2D eigenvalue weighted by atomic mass is 10.0. The molecule has 0 radical (unpaired) electrons. The van der Waals surface area contributed by atoms with E-state index in [0.717, 1.165) is 23.3 Å². The third-order valence-corrected chi connectivity index (χ3v) is 7.52. The Morgan fingerprint density at radius 3 is 2.23 bits per heavy atom. The fourth-order valence-corrected chi connectivity index (χ4v) is 5.24. The summed E-state index contributed by atoms with van der Waals surface area (Å²) in [6, 6.07) is 16.8. The summed E-state index contributed by atoms with van der Waals surface area (Å²) in [5.74, 6) is -2.02. The van der Waals surface area contributed by atoms with Crippen LogP contribution in [0.4, 0.5) is 15.8 Å². The number of rotatable bonds is 12. The van der Waals surface area contributed by atoms with Gasteiger partial charge in [-0.15, -0.1) is 0 Å². The van der Waals surface area contributed by atoms with Gasteiger partial charge in [-0.1, -0.05) is 48.5 Å². The molecule has 0 bridgehead atoms. The van der Waals surface area contributed by atoms with Crippen LogP contribution in [-0.4, -0.2) is 61.5 Å². The first-order chi connectivity index (χ1) is 20.1. The van der Waals surface area contributed by atoms with E-state index in [2.05, 4.69) is 5.32 Å². The van der Waals surface area contributed by atoms with E-state index in [4.69, 9.17) is 4.74 Å². The highest BCUT2D eigenvalue weighted by atomic mass is 32.2. The number of amides is 2. The Bertz CT molecular complexity index is 1580. The Morgan fingerprint density at radius 2 is 1.67 bits per heavy atom. The van der Waals surface area contributed by atoms with Crippen LogP contribution in [0.1, 0.15) is 31.9 Å². The molecular weight excluding hydrogens is 579 g/mol. The van der Waals surface area contributed by atoms with Crippen LogP contribution in [0.25, 0.3) is 0 Å². The van der Waals surface area contributed by atoms with Gasteiger partial charge in [0, 0.05) is 36.2 Å². The summed E-state index contributed by atoms with van der Waals surface area (Å²) in [6.07, 6.45) is 0.884. The van der Waals surface area contributed by atoms with Crippen LogP contribution in [0.3, 0.4) is 0 Å². The Labute approximate surface area is 250 Å². The molecule has 1 N–H and O–H groups in total. The number of halogens is 1. The van der Waals surface area contributed by atoms with Crippen molar-refractivity contribution >= 4 is 33.2 Å². The average Bonchev–Trinajstić information content (AvgIpc) is 2.93. The zero-order valence-electron chi connectivity index (χ0n) is 24.6. The van der Waals surface area contributed by atoms with E-state index >= 15 is 0 Å². The lowest BCUT2D eigenvalue weighted by Crippen LogP contribution is -2.56. The predicted octanol–water partition coefficient (Wildman–Crippen LogP) is 4.06. The van der Waals surface area contributed by atoms with Gasteiger partial charge < -0.3 is 15.0 Å². The summed E-state index contributed by atoms with van der Waals surface area (Å²) < 4.78 is 46.9. The molecule has 1 unspecified atom stereocenters. The molecule has 11 nitrogen and oxygen atoms in total. The molecule has 0 spiro atoms. The summed E-state index contributed by atoms with van der Waals surface area (Å²) in [5.41, 5.74) is -0.531. The zero-order valence-corrected chi connectivity index (χ0v) is 25.4. The molecule has 13 heteroatoms. The number of nitrogens with zero attached hydrogens (tertiary/aromatic N) is 3. The third kappa shape index (κ3) is 8.98. The quantitative estimate of drug-likeness (QED) is 0.240. The van der Waals surface area contributed by atoms with Crippen molar-refractivity contribution in [3.8, 4) is 5.75 Å². The smallest absolute Gasteiger partial charge is 0.271 e. The van der Waals surface area contributed by atoms with Gasteiger partial charge in [-0.3, -0.25) is 24.0 Å². The van der Waals surface area contributed by atoms with Gasteiger partial charge >= 0.3 is 0 Å². The van der Waals surface area contributed by atoms with E-state index in [1.165, 1.54) is 31.4 Å². The standard InChI is InChI=1S/C30H35FN4O7S/c1-30(2,3)32-29(37)26(17-21-11-7-6-8-12-21)33(19-22-13-9-10-14-24(22)31)28(36)20-34(43(5,40)41)25-18-23(35(38)39)15-16-27(25)42-4/h6-16,18,26H,17,19-20H2,1-5H3,(H,32,37). The molecule has 0 heterocycles. The number of hydrogen-bond acceptors (Lipinski definition) is 7. The number of methoxy groups -OCH3 is 1. The number of hydrogen-bond donors (Lipinski definition) is 1. The first-order valence-corrected chi connectivity index (χ1v) is 15.1. The van der Waals surface area contributed by atoms with Crippen LogP contribution < -0.4 is 14.4 Å². The van der Waals surface area contributed by atoms with Crippen LogP contribution >= 0.6 is 0 Å². The second kappa shape index (κ2) is 13.6. The van der Waals surface area contributed by atoms with Crippen molar-refractivity contribution in [2.24, 2.45) is 0 Å². The van der Waals surface area contributed by atoms with Crippen LogP contribution in [-0.2, 0) is 32.6 Å². The molecule has 3 rings (SSSR count). The lowest BCUT2D eigenvalue weighted by Gasteiger charge is -2.35. The number of nitrogens with one attached hydrogen (secondary N) is 1. The van der Waals surface area contributed by atoms with Gasteiger partial charge in [0.25, 0.3) is 5.69 Å². The van der Waals surface area contributed by atoms with Crippen LogP contribution in [0.2, 0.25) is 0 Å². The summed E-state index contributed by atoms with van der Waals surface area (Å²) in [6.45, 7) is 4.11. The maximum atomic E-state index is 14.9. The number of non-ortho nitro benzene ring substituents is 1. The number of nitro groups is 1. The number of carbonyl (C=O) groups excluding carboxylic acids is 2. The largest absolute Gasteiger partial charge is 0.495 e. The Morgan fingerprint density at radius 1 is 1.05 bits per heavy atom. The average molecular weight is 615 g/mol. The van der Waals surface area contributed by atoms with Crippen LogP contribution in [0, 0.1) is 15.9 Å². The SMILES string of the molecule is COc1ccc([N+](=O)[O-])cc1N(CC(=O)N(Cc1ccccc1F)C(Cc1ccccc1)C(=O)NC(C)(C)C)S(C)(=O)=O. The van der Waals surface area contributed by atoms with E-state index in [-0.39, 0.29) is 30.0 Å². The fourth-order valence-electron chi connectivity index (χ4n) is 4.40. The van der Waals surface area contributed by atoms with Crippen molar-refractivity contribution in [3.63, 3.8) is 0 Å². The minimum absolute atomic E-state index is 0.0317. The van der Waals surface area contributed by atoms with Crippen molar-refractivity contribution < 1.29 is 32.1 Å². The summed E-state index contributed by atoms with van der Waals surface area (Å²) in [4.78, 5) is 39.8. The van der Waals surface area contributed by atoms with Crippen LogP contribution in [0.5, 0.6) is 5.75 Å². The van der Waals surface area contributed by atoms with E-state index in [1.54, 1.807) is 57.2 Å². The second-order valence-corrected chi connectivity index (χ2v) is 12.8. The number of sulfonamides is 1. The monoisotopic (exact) mass is 614 g/mol. The minimum Gasteiger partial charge on any atom is -0.495 e. The number of benzene rings is 3. The summed E-state index contributed by atoms with van der Waals surface area (Å²) in [5, 5.41) is 14.4. The maximum Gasteiger partial charge on any atom is 0.271 e. The fraction of sp³-hybridized carbons (Fsp3) is 0.333. The van der Waals surface area contributed by atoms with Crippen molar-refractivity contribution in [1.82, 2.24) is 10.2 Å². The Kier molecular flexibility index (Phi) is 10.5.